The number of benzene rings is 1. The second-order valence-electron chi connectivity index (χ2n) is 4.31. The van der Waals surface area contributed by atoms with Gasteiger partial charge in [0.1, 0.15) is 11.5 Å². The Morgan fingerprint density at radius 1 is 1.11 bits per heavy atom. The molecule has 1 heterocycles. The van der Waals surface area contributed by atoms with E-state index in [0.717, 1.165) is 5.56 Å². The van der Waals surface area contributed by atoms with E-state index in [1.807, 2.05) is 24.3 Å². The lowest BCUT2D eigenvalue weighted by Gasteiger charge is -2.08. The van der Waals surface area contributed by atoms with Crippen molar-refractivity contribution < 1.29 is 14.9 Å². The number of hydrogen-bond acceptors (Lipinski definition) is 4. The Morgan fingerprint density at radius 2 is 1.79 bits per heavy atom. The van der Waals surface area contributed by atoms with Gasteiger partial charge < -0.3 is 14.9 Å². The average Bonchev–Trinajstić information content (AvgIpc) is 2.42. The first-order valence-electron chi connectivity index (χ1n) is 6.20. The normalized spacial score (nSPS) is 12.2. The fraction of sp³-hybridized carbons (Fsp3) is 0.267. The fourth-order valence-corrected chi connectivity index (χ4v) is 1.69. The summed E-state index contributed by atoms with van der Waals surface area (Å²) >= 11 is 0. The van der Waals surface area contributed by atoms with Gasteiger partial charge in [0.2, 0.25) is 0 Å². The fourth-order valence-electron chi connectivity index (χ4n) is 1.69. The van der Waals surface area contributed by atoms with Crippen LogP contribution in [-0.4, -0.2) is 21.8 Å². The Balaban J connectivity index is 2.04. The molecular weight excluding hydrogens is 242 g/mol. The third-order valence-corrected chi connectivity index (χ3v) is 2.75. The molecule has 0 fully saturated rings. The Kier molecular flexibility index (Phi) is 4.49. The van der Waals surface area contributed by atoms with E-state index in [4.69, 9.17) is 9.84 Å². The molecule has 0 saturated heterocycles. The molecule has 0 amide bonds. The van der Waals surface area contributed by atoms with Crippen LogP contribution in [0.15, 0.2) is 42.6 Å². The van der Waals surface area contributed by atoms with Crippen molar-refractivity contribution in [3.8, 4) is 11.5 Å². The molecule has 100 valence electrons. The third kappa shape index (κ3) is 3.77. The van der Waals surface area contributed by atoms with E-state index in [1.54, 1.807) is 25.3 Å². The molecule has 0 unspecified atom stereocenters. The van der Waals surface area contributed by atoms with Gasteiger partial charge >= 0.3 is 0 Å². The molecule has 1 aromatic carbocycles. The van der Waals surface area contributed by atoms with Crippen LogP contribution in [0.1, 0.15) is 24.3 Å². The van der Waals surface area contributed by atoms with Gasteiger partial charge in [-0.2, -0.15) is 0 Å². The Hall–Kier alpha value is -1.91. The molecule has 0 radical (unpaired) electrons. The van der Waals surface area contributed by atoms with Gasteiger partial charge in [0.25, 0.3) is 0 Å². The molecular formula is C15H17NO3. The van der Waals surface area contributed by atoms with Gasteiger partial charge in [0.15, 0.2) is 0 Å². The number of aliphatic hydroxyl groups excluding tert-OH is 2. The zero-order chi connectivity index (χ0) is 13.7. The molecule has 4 nitrogen and oxygen atoms in total. The predicted molar refractivity (Wildman–Crippen MR) is 72.2 cm³/mol. The molecule has 2 N–H and O–H groups in total. The van der Waals surface area contributed by atoms with Crippen molar-refractivity contribution >= 4 is 0 Å². The van der Waals surface area contributed by atoms with E-state index in [2.05, 4.69) is 4.98 Å². The maximum absolute atomic E-state index is 9.36. The predicted octanol–water partition coefficient (Wildman–Crippen LogP) is 2.46. The van der Waals surface area contributed by atoms with Gasteiger partial charge in [-0.25, -0.2) is 0 Å². The minimum Gasteiger partial charge on any atom is -0.456 e. The van der Waals surface area contributed by atoms with Gasteiger partial charge in [0.05, 0.1) is 18.0 Å². The van der Waals surface area contributed by atoms with Crippen LogP contribution in [0.5, 0.6) is 11.5 Å². The van der Waals surface area contributed by atoms with Crippen molar-refractivity contribution in [1.29, 1.82) is 0 Å². The van der Waals surface area contributed by atoms with E-state index in [0.29, 0.717) is 23.6 Å². The minimum absolute atomic E-state index is 0.144. The monoisotopic (exact) mass is 259 g/mol. The largest absolute Gasteiger partial charge is 0.456 e. The maximum atomic E-state index is 9.36. The molecule has 19 heavy (non-hydrogen) atoms. The van der Waals surface area contributed by atoms with Crippen LogP contribution in [0.2, 0.25) is 0 Å². The van der Waals surface area contributed by atoms with Crippen LogP contribution in [0, 0.1) is 0 Å². The number of hydrogen-bond donors (Lipinski definition) is 2. The highest BCUT2D eigenvalue weighted by Crippen LogP contribution is 2.22. The SMILES string of the molecule is C[C@H](O)c1ccc(Oc2ccc(CCO)cc2)cn1. The number of rotatable bonds is 5. The van der Waals surface area contributed by atoms with Crippen molar-refractivity contribution in [2.24, 2.45) is 0 Å². The Bertz CT molecular complexity index is 506. The summed E-state index contributed by atoms with van der Waals surface area (Å²) in [5.41, 5.74) is 1.68. The van der Waals surface area contributed by atoms with Crippen molar-refractivity contribution in [3.63, 3.8) is 0 Å². The summed E-state index contributed by atoms with van der Waals surface area (Å²) in [5, 5.41) is 18.2. The van der Waals surface area contributed by atoms with Crippen LogP contribution in [0.4, 0.5) is 0 Å². The summed E-state index contributed by atoms with van der Waals surface area (Å²) < 4.78 is 5.64. The van der Waals surface area contributed by atoms with Crippen molar-refractivity contribution in [2.75, 3.05) is 6.61 Å². The highest BCUT2D eigenvalue weighted by atomic mass is 16.5. The lowest BCUT2D eigenvalue weighted by atomic mass is 10.1. The zero-order valence-corrected chi connectivity index (χ0v) is 10.8. The molecule has 0 aliphatic carbocycles. The summed E-state index contributed by atoms with van der Waals surface area (Å²) in [5.74, 6) is 1.34. The van der Waals surface area contributed by atoms with Crippen molar-refractivity contribution in [1.82, 2.24) is 4.98 Å². The van der Waals surface area contributed by atoms with Crippen LogP contribution >= 0.6 is 0 Å². The maximum Gasteiger partial charge on any atom is 0.145 e. The molecule has 0 aliphatic heterocycles. The van der Waals surface area contributed by atoms with E-state index in [1.165, 1.54) is 0 Å². The summed E-state index contributed by atoms with van der Waals surface area (Å²) in [6.07, 6.45) is 1.65. The van der Waals surface area contributed by atoms with Gasteiger partial charge in [-0.1, -0.05) is 12.1 Å². The summed E-state index contributed by atoms with van der Waals surface area (Å²) in [6.45, 7) is 1.81. The summed E-state index contributed by atoms with van der Waals surface area (Å²) in [6, 6.07) is 11.1. The van der Waals surface area contributed by atoms with Gasteiger partial charge in [-0.05, 0) is 43.2 Å². The zero-order valence-electron chi connectivity index (χ0n) is 10.8. The highest BCUT2D eigenvalue weighted by molar-refractivity contribution is 5.32. The van der Waals surface area contributed by atoms with E-state index in [9.17, 15) is 5.11 Å². The molecule has 2 rings (SSSR count). The van der Waals surface area contributed by atoms with E-state index in [-0.39, 0.29) is 6.61 Å². The lowest BCUT2D eigenvalue weighted by molar-refractivity contribution is 0.194. The topological polar surface area (TPSA) is 62.6 Å². The van der Waals surface area contributed by atoms with Crippen molar-refractivity contribution in [3.05, 3.63) is 53.9 Å². The Morgan fingerprint density at radius 3 is 2.32 bits per heavy atom. The number of pyridine rings is 1. The van der Waals surface area contributed by atoms with Crippen molar-refractivity contribution in [2.45, 2.75) is 19.4 Å². The van der Waals surface area contributed by atoms with Crippen LogP contribution in [0.3, 0.4) is 0 Å². The molecule has 0 saturated carbocycles. The van der Waals surface area contributed by atoms with Crippen LogP contribution < -0.4 is 4.74 Å². The van der Waals surface area contributed by atoms with Crippen LogP contribution in [0.25, 0.3) is 0 Å². The van der Waals surface area contributed by atoms with E-state index >= 15 is 0 Å². The first-order valence-corrected chi connectivity index (χ1v) is 6.20. The molecule has 4 heteroatoms. The first-order chi connectivity index (χ1) is 9.19. The van der Waals surface area contributed by atoms with Gasteiger partial charge in [-0.15, -0.1) is 0 Å². The molecule has 1 aromatic heterocycles. The smallest absolute Gasteiger partial charge is 0.145 e. The molecule has 1 atom stereocenters. The second kappa shape index (κ2) is 6.31. The quantitative estimate of drug-likeness (QED) is 0.865. The Labute approximate surface area is 112 Å². The summed E-state index contributed by atoms with van der Waals surface area (Å²) in [4.78, 5) is 4.11. The van der Waals surface area contributed by atoms with Crippen LogP contribution in [-0.2, 0) is 6.42 Å². The number of aliphatic hydroxyl groups is 2. The molecule has 0 aliphatic rings. The minimum atomic E-state index is -0.577. The summed E-state index contributed by atoms with van der Waals surface area (Å²) in [7, 11) is 0. The van der Waals surface area contributed by atoms with Gasteiger partial charge in [-0.3, -0.25) is 4.98 Å². The molecule has 0 spiro atoms. The number of nitrogens with zero attached hydrogens (tertiary/aromatic N) is 1. The first kappa shape index (κ1) is 13.5. The van der Waals surface area contributed by atoms with E-state index < -0.39 is 6.10 Å². The third-order valence-electron chi connectivity index (χ3n) is 2.75. The number of ether oxygens (including phenoxy) is 1. The number of aromatic nitrogens is 1. The second-order valence-corrected chi connectivity index (χ2v) is 4.31. The average molecular weight is 259 g/mol. The molecule has 0 bridgehead atoms. The highest BCUT2D eigenvalue weighted by Gasteiger charge is 2.03. The lowest BCUT2D eigenvalue weighted by Crippen LogP contribution is -1.95. The molecule has 2 aromatic rings. The standard InChI is InChI=1S/C15H17NO3/c1-11(18)15-7-6-14(10-16-15)19-13-4-2-12(3-5-13)8-9-17/h2-7,10-11,17-18H,8-9H2,1H3/t11-/m0/s1. The van der Waals surface area contributed by atoms with Gasteiger partial charge in [0, 0.05) is 6.61 Å².